The van der Waals surface area contributed by atoms with Gasteiger partial charge in [-0.25, -0.2) is 4.68 Å². The van der Waals surface area contributed by atoms with Crippen LogP contribution in [0, 0.1) is 13.8 Å². The van der Waals surface area contributed by atoms with Crippen LogP contribution in [0.5, 0.6) is 0 Å². The fourth-order valence-electron chi connectivity index (χ4n) is 3.35. The first-order valence-electron chi connectivity index (χ1n) is 10.1. The Bertz CT molecular complexity index is 1360. The van der Waals surface area contributed by atoms with Crippen molar-refractivity contribution in [2.24, 2.45) is 0 Å². The average molecular weight is 468 g/mol. The van der Waals surface area contributed by atoms with E-state index in [0.29, 0.717) is 16.9 Å². The van der Waals surface area contributed by atoms with Gasteiger partial charge in [-0.2, -0.15) is 18.3 Å². The van der Waals surface area contributed by atoms with Gasteiger partial charge in [-0.15, -0.1) is 0 Å². The van der Waals surface area contributed by atoms with Gasteiger partial charge >= 0.3 is 6.18 Å². The zero-order valence-corrected chi connectivity index (χ0v) is 18.1. The molecule has 0 saturated carbocycles. The first-order chi connectivity index (χ1) is 16.1. The molecule has 0 spiro atoms. The van der Waals surface area contributed by atoms with Crippen molar-refractivity contribution in [2.45, 2.75) is 20.0 Å². The van der Waals surface area contributed by atoms with Gasteiger partial charge in [0.25, 0.3) is 11.8 Å². The third-order valence-corrected chi connectivity index (χ3v) is 5.00. The summed E-state index contributed by atoms with van der Waals surface area (Å²) in [5, 5.41) is 9.43. The predicted octanol–water partition coefficient (Wildman–Crippen LogP) is 5.61. The number of hydrogen-bond acceptors (Lipinski definition) is 4. The minimum Gasteiger partial charge on any atom is -0.459 e. The van der Waals surface area contributed by atoms with Crippen molar-refractivity contribution in [2.75, 3.05) is 10.6 Å². The Balaban J connectivity index is 1.62. The van der Waals surface area contributed by atoms with Crippen molar-refractivity contribution in [1.29, 1.82) is 0 Å². The number of carbonyl (C=O) groups excluding carboxylic acids is 2. The number of nitrogens with zero attached hydrogens (tertiary/aromatic N) is 2. The number of halogens is 3. The van der Waals surface area contributed by atoms with Gasteiger partial charge in [-0.1, -0.05) is 18.2 Å². The fourth-order valence-corrected chi connectivity index (χ4v) is 3.35. The Morgan fingerprint density at radius 3 is 2.41 bits per heavy atom. The van der Waals surface area contributed by atoms with Crippen molar-refractivity contribution in [3.63, 3.8) is 0 Å². The van der Waals surface area contributed by atoms with Crippen LogP contribution in [-0.2, 0) is 6.18 Å². The molecular weight excluding hydrogens is 449 g/mol. The Hall–Kier alpha value is -4.34. The Labute approximate surface area is 192 Å². The molecule has 34 heavy (non-hydrogen) atoms. The minimum atomic E-state index is -4.60. The number of carbonyl (C=O) groups is 2. The molecule has 10 heteroatoms. The topological polar surface area (TPSA) is 89.2 Å². The molecule has 0 atom stereocenters. The lowest BCUT2D eigenvalue weighted by Gasteiger charge is -2.15. The quantitative estimate of drug-likeness (QED) is 0.399. The van der Waals surface area contributed by atoms with E-state index in [1.54, 1.807) is 32.0 Å². The van der Waals surface area contributed by atoms with E-state index < -0.39 is 23.6 Å². The van der Waals surface area contributed by atoms with E-state index >= 15 is 0 Å². The molecule has 0 saturated heterocycles. The molecule has 0 aliphatic carbocycles. The maximum atomic E-state index is 13.5. The van der Waals surface area contributed by atoms with Crippen LogP contribution in [-0.4, -0.2) is 21.6 Å². The van der Waals surface area contributed by atoms with Gasteiger partial charge in [0.2, 0.25) is 0 Å². The summed E-state index contributed by atoms with van der Waals surface area (Å²) in [4.78, 5) is 25.3. The summed E-state index contributed by atoms with van der Waals surface area (Å²) < 4.78 is 46.7. The van der Waals surface area contributed by atoms with Crippen molar-refractivity contribution < 1.29 is 27.2 Å². The van der Waals surface area contributed by atoms with Gasteiger partial charge in [0.1, 0.15) is 5.82 Å². The normalized spacial score (nSPS) is 11.3. The second-order valence-electron chi connectivity index (χ2n) is 7.51. The minimum absolute atomic E-state index is 0.0703. The summed E-state index contributed by atoms with van der Waals surface area (Å²) in [6, 6.07) is 14.2. The summed E-state index contributed by atoms with van der Waals surface area (Å²) >= 11 is 0. The summed E-state index contributed by atoms with van der Waals surface area (Å²) in [6.45, 7) is 3.36. The number of amides is 2. The lowest BCUT2D eigenvalue weighted by Crippen LogP contribution is -2.18. The summed E-state index contributed by atoms with van der Waals surface area (Å²) in [5.41, 5.74) is 0.607. The number of alkyl halides is 3. The maximum Gasteiger partial charge on any atom is 0.418 e. The van der Waals surface area contributed by atoms with Crippen LogP contribution in [0.3, 0.4) is 0 Å². The molecule has 0 aliphatic heterocycles. The molecule has 2 aromatic carbocycles. The number of nitrogens with one attached hydrogen (secondary N) is 2. The monoisotopic (exact) mass is 468 g/mol. The molecule has 0 aliphatic rings. The van der Waals surface area contributed by atoms with Crippen LogP contribution in [0.1, 0.15) is 37.7 Å². The van der Waals surface area contributed by atoms with Crippen LogP contribution >= 0.6 is 0 Å². The summed E-state index contributed by atoms with van der Waals surface area (Å²) in [5.74, 6) is -0.889. The zero-order valence-electron chi connectivity index (χ0n) is 18.1. The Morgan fingerprint density at radius 1 is 0.941 bits per heavy atom. The largest absolute Gasteiger partial charge is 0.459 e. The molecule has 0 bridgehead atoms. The van der Waals surface area contributed by atoms with Gasteiger partial charge in [0.05, 0.1) is 23.2 Å². The van der Waals surface area contributed by atoms with E-state index in [-0.39, 0.29) is 22.8 Å². The zero-order chi connectivity index (χ0) is 24.5. The van der Waals surface area contributed by atoms with E-state index in [4.69, 9.17) is 4.42 Å². The van der Waals surface area contributed by atoms with Crippen molar-refractivity contribution in [3.05, 3.63) is 95.1 Å². The predicted molar refractivity (Wildman–Crippen MR) is 119 cm³/mol. The van der Waals surface area contributed by atoms with Crippen LogP contribution in [0.4, 0.5) is 24.7 Å². The highest BCUT2D eigenvalue weighted by molar-refractivity contribution is 6.07. The second-order valence-corrected chi connectivity index (χ2v) is 7.51. The molecule has 2 aromatic heterocycles. The van der Waals surface area contributed by atoms with Gasteiger partial charge in [0.15, 0.2) is 5.76 Å². The van der Waals surface area contributed by atoms with Gasteiger partial charge in [-0.05, 0) is 55.8 Å². The summed E-state index contributed by atoms with van der Waals surface area (Å²) in [6.07, 6.45) is -3.23. The number of anilines is 2. The van der Waals surface area contributed by atoms with Gasteiger partial charge in [0, 0.05) is 17.3 Å². The molecule has 4 rings (SSSR count). The van der Waals surface area contributed by atoms with Crippen molar-refractivity contribution in [3.8, 4) is 5.69 Å². The average Bonchev–Trinajstić information content (AvgIpc) is 3.44. The van der Waals surface area contributed by atoms with E-state index in [0.717, 1.165) is 10.7 Å². The van der Waals surface area contributed by atoms with Gasteiger partial charge < -0.3 is 15.1 Å². The third kappa shape index (κ3) is 4.70. The van der Waals surface area contributed by atoms with E-state index in [1.807, 2.05) is 0 Å². The molecule has 0 radical (unpaired) electrons. The highest BCUT2D eigenvalue weighted by Crippen LogP contribution is 2.34. The molecule has 4 aromatic rings. The highest BCUT2D eigenvalue weighted by atomic mass is 19.4. The molecule has 2 N–H and O–H groups in total. The standard InChI is InChI=1S/C24H19F3N4O3/c1-14-9-10-16(13-18(14)28-23(33)20-8-5-11-34-20)22(32)29-21-12-15(2)30-31(21)19-7-4-3-6-17(19)24(25,26)27/h3-13H,1-2H3,(H,28,33)(H,29,32). The number of aryl methyl sites for hydroxylation is 2. The molecule has 7 nitrogen and oxygen atoms in total. The van der Waals surface area contributed by atoms with Crippen LogP contribution in [0.25, 0.3) is 5.69 Å². The van der Waals surface area contributed by atoms with Crippen LogP contribution < -0.4 is 10.6 Å². The number of para-hydroxylation sites is 1. The molecular formula is C24H19F3N4O3. The molecule has 2 amide bonds. The molecule has 0 unspecified atom stereocenters. The fraction of sp³-hybridized carbons (Fsp3) is 0.125. The third-order valence-electron chi connectivity index (χ3n) is 5.00. The first kappa shape index (κ1) is 22.8. The number of furan rings is 1. The summed E-state index contributed by atoms with van der Waals surface area (Å²) in [7, 11) is 0. The maximum absolute atomic E-state index is 13.5. The number of benzene rings is 2. The molecule has 0 fully saturated rings. The number of hydrogen-bond donors (Lipinski definition) is 2. The number of rotatable bonds is 5. The Kier molecular flexibility index (Phi) is 5.97. The van der Waals surface area contributed by atoms with Crippen molar-refractivity contribution >= 4 is 23.3 Å². The van der Waals surface area contributed by atoms with Crippen LogP contribution in [0.15, 0.2) is 71.3 Å². The molecule has 174 valence electrons. The lowest BCUT2D eigenvalue weighted by atomic mass is 10.1. The number of aromatic nitrogens is 2. The first-order valence-corrected chi connectivity index (χ1v) is 10.1. The van der Waals surface area contributed by atoms with E-state index in [9.17, 15) is 22.8 Å². The SMILES string of the molecule is Cc1cc(NC(=O)c2ccc(C)c(NC(=O)c3ccco3)c2)n(-c2ccccc2C(F)(F)F)n1. The smallest absolute Gasteiger partial charge is 0.418 e. The van der Waals surface area contributed by atoms with Crippen molar-refractivity contribution in [1.82, 2.24) is 9.78 Å². The second kappa shape index (κ2) is 8.89. The van der Waals surface area contributed by atoms with E-state index in [1.165, 1.54) is 42.7 Å². The molecule has 2 heterocycles. The van der Waals surface area contributed by atoms with Gasteiger partial charge in [-0.3, -0.25) is 9.59 Å². The van der Waals surface area contributed by atoms with Crippen LogP contribution in [0.2, 0.25) is 0 Å². The highest BCUT2D eigenvalue weighted by Gasteiger charge is 2.34. The lowest BCUT2D eigenvalue weighted by molar-refractivity contribution is -0.137. The van der Waals surface area contributed by atoms with E-state index in [2.05, 4.69) is 15.7 Å². The Morgan fingerprint density at radius 2 is 1.71 bits per heavy atom.